The van der Waals surface area contributed by atoms with Crippen LogP contribution >= 0.6 is 11.6 Å². The number of amides is 2. The van der Waals surface area contributed by atoms with E-state index in [1.165, 1.54) is 0 Å². The Kier molecular flexibility index (Phi) is 6.76. The van der Waals surface area contributed by atoms with Gasteiger partial charge >= 0.3 is 6.09 Å². The van der Waals surface area contributed by atoms with Crippen LogP contribution in [-0.4, -0.2) is 52.6 Å². The van der Waals surface area contributed by atoms with Crippen molar-refractivity contribution in [3.8, 4) is 0 Å². The van der Waals surface area contributed by atoms with E-state index < -0.39 is 22.7 Å². The van der Waals surface area contributed by atoms with Crippen molar-refractivity contribution in [3.05, 3.63) is 35.9 Å². The summed E-state index contributed by atoms with van der Waals surface area (Å²) >= 11 is 6.51. The molecule has 0 aromatic heterocycles. The van der Waals surface area contributed by atoms with Gasteiger partial charge in [0.1, 0.15) is 5.60 Å². The second-order valence-corrected chi connectivity index (χ2v) is 9.16. The number of carbonyl (C=O) groups excluding carboxylic acids is 2. The monoisotopic (exact) mass is 396 g/mol. The van der Waals surface area contributed by atoms with Crippen molar-refractivity contribution < 1.29 is 19.1 Å². The molecule has 1 aromatic rings. The number of β-lactam (4-membered cyclic amide) rings is 1. The Morgan fingerprint density at radius 2 is 1.81 bits per heavy atom. The molecule has 0 saturated carbocycles. The summed E-state index contributed by atoms with van der Waals surface area (Å²) in [5.74, 6) is -0.115. The predicted octanol–water partition coefficient (Wildman–Crippen LogP) is 3.32. The molecule has 0 unspecified atom stereocenters. The molecule has 0 spiro atoms. The van der Waals surface area contributed by atoms with Crippen LogP contribution in [-0.2, 0) is 20.9 Å². The van der Waals surface area contributed by atoms with Crippen molar-refractivity contribution in [3.63, 3.8) is 0 Å². The Morgan fingerprint density at radius 1 is 1.19 bits per heavy atom. The van der Waals surface area contributed by atoms with Crippen LogP contribution < -0.4 is 5.32 Å². The van der Waals surface area contributed by atoms with Crippen LogP contribution in [0.25, 0.3) is 0 Å². The first kappa shape index (κ1) is 21.5. The van der Waals surface area contributed by atoms with E-state index in [1.807, 2.05) is 44.2 Å². The molecule has 0 radical (unpaired) electrons. The summed E-state index contributed by atoms with van der Waals surface area (Å²) in [6.45, 7) is 10.1. The largest absolute Gasteiger partial charge is 0.444 e. The number of nitrogens with one attached hydrogen (secondary N) is 1. The van der Waals surface area contributed by atoms with Gasteiger partial charge in [0.25, 0.3) is 5.91 Å². The van der Waals surface area contributed by atoms with Gasteiger partial charge in [-0.15, -0.1) is 11.6 Å². The molecule has 27 heavy (non-hydrogen) atoms. The minimum Gasteiger partial charge on any atom is -0.444 e. The number of carbonyl (C=O) groups is 2. The minimum atomic E-state index is -0.652. The van der Waals surface area contributed by atoms with Crippen LogP contribution in [0.3, 0.4) is 0 Å². The highest BCUT2D eigenvalue weighted by Gasteiger charge is 2.54. The van der Waals surface area contributed by atoms with Crippen molar-refractivity contribution in [1.29, 1.82) is 0 Å². The van der Waals surface area contributed by atoms with Gasteiger partial charge in [-0.2, -0.15) is 0 Å². The number of halogens is 1. The Hall–Kier alpha value is -1.79. The van der Waals surface area contributed by atoms with E-state index in [1.54, 1.807) is 25.7 Å². The minimum absolute atomic E-state index is 0.115. The average molecular weight is 397 g/mol. The molecular formula is C20H29ClN2O4. The number of benzene rings is 1. The standard InChI is InChI=1S/C20H29ClN2O4/c1-19(2,3)27-18(25)22-11-12-23-16(20(4,5)21)15(17(23)24)26-13-14-9-7-6-8-10-14/h6-10,15-16H,11-13H2,1-5H3,(H,22,25)/t15-,16-/m0/s1. The van der Waals surface area contributed by atoms with E-state index in [0.717, 1.165) is 5.56 Å². The average Bonchev–Trinajstić information content (AvgIpc) is 2.53. The van der Waals surface area contributed by atoms with Gasteiger partial charge < -0.3 is 19.7 Å². The number of hydrogen-bond donors (Lipinski definition) is 1. The van der Waals surface area contributed by atoms with Gasteiger partial charge in [-0.05, 0) is 40.2 Å². The van der Waals surface area contributed by atoms with E-state index in [4.69, 9.17) is 21.1 Å². The van der Waals surface area contributed by atoms with Gasteiger partial charge in [0, 0.05) is 13.1 Å². The van der Waals surface area contributed by atoms with Gasteiger partial charge in [-0.25, -0.2) is 4.79 Å². The van der Waals surface area contributed by atoms with Gasteiger partial charge in [0.15, 0.2) is 6.10 Å². The maximum Gasteiger partial charge on any atom is 0.407 e. The number of alkyl halides is 1. The molecule has 2 amide bonds. The normalized spacial score (nSPS) is 20.2. The molecule has 1 fully saturated rings. The molecule has 7 heteroatoms. The number of likely N-dealkylation sites (tertiary alicyclic amines) is 1. The van der Waals surface area contributed by atoms with Crippen LogP contribution in [0.4, 0.5) is 4.79 Å². The number of ether oxygens (including phenoxy) is 2. The molecule has 1 aliphatic rings. The van der Waals surface area contributed by atoms with E-state index in [9.17, 15) is 9.59 Å². The molecule has 2 atom stereocenters. The summed E-state index contributed by atoms with van der Waals surface area (Å²) in [4.78, 5) is 25.3. The fourth-order valence-corrected chi connectivity index (χ4v) is 3.24. The molecule has 1 heterocycles. The molecule has 1 N–H and O–H groups in total. The lowest BCUT2D eigenvalue weighted by atomic mass is 9.87. The third-order valence-corrected chi connectivity index (χ3v) is 4.37. The lowest BCUT2D eigenvalue weighted by Gasteiger charge is -2.51. The van der Waals surface area contributed by atoms with Crippen molar-refractivity contribution >= 4 is 23.6 Å². The predicted molar refractivity (Wildman–Crippen MR) is 105 cm³/mol. The third-order valence-electron chi connectivity index (χ3n) is 4.15. The Bertz CT molecular complexity index is 652. The van der Waals surface area contributed by atoms with E-state index in [2.05, 4.69) is 5.32 Å². The number of alkyl carbamates (subject to hydrolysis) is 1. The van der Waals surface area contributed by atoms with Crippen molar-refractivity contribution in [2.75, 3.05) is 13.1 Å². The topological polar surface area (TPSA) is 67.9 Å². The third kappa shape index (κ3) is 6.11. The van der Waals surface area contributed by atoms with Gasteiger partial charge in [0.05, 0.1) is 17.5 Å². The molecule has 1 saturated heterocycles. The summed E-state index contributed by atoms with van der Waals surface area (Å²) in [6.07, 6.45) is -1.09. The second-order valence-electron chi connectivity index (χ2n) is 8.19. The maximum atomic E-state index is 12.5. The molecule has 0 aliphatic carbocycles. The van der Waals surface area contributed by atoms with Crippen LogP contribution in [0, 0.1) is 0 Å². The summed E-state index contributed by atoms with van der Waals surface area (Å²) < 4.78 is 11.0. The molecule has 150 valence electrons. The first-order chi connectivity index (χ1) is 12.5. The van der Waals surface area contributed by atoms with Gasteiger partial charge in [0.2, 0.25) is 0 Å². The van der Waals surface area contributed by atoms with Crippen LogP contribution in [0.15, 0.2) is 30.3 Å². The van der Waals surface area contributed by atoms with Crippen molar-refractivity contribution in [2.24, 2.45) is 0 Å². The lowest BCUT2D eigenvalue weighted by molar-refractivity contribution is -0.178. The molecular weight excluding hydrogens is 368 g/mol. The first-order valence-electron chi connectivity index (χ1n) is 9.11. The first-order valence-corrected chi connectivity index (χ1v) is 9.48. The van der Waals surface area contributed by atoms with Crippen molar-refractivity contribution in [1.82, 2.24) is 10.2 Å². The summed E-state index contributed by atoms with van der Waals surface area (Å²) in [5.41, 5.74) is 0.440. The summed E-state index contributed by atoms with van der Waals surface area (Å²) in [6, 6.07) is 9.43. The highest BCUT2D eigenvalue weighted by atomic mass is 35.5. The van der Waals surface area contributed by atoms with Crippen LogP contribution in [0.1, 0.15) is 40.2 Å². The zero-order valence-electron chi connectivity index (χ0n) is 16.6. The zero-order valence-corrected chi connectivity index (χ0v) is 17.4. The zero-order chi connectivity index (χ0) is 20.2. The fourth-order valence-electron chi connectivity index (χ4n) is 3.01. The number of rotatable bonds is 7. The Balaban J connectivity index is 1.89. The van der Waals surface area contributed by atoms with Gasteiger partial charge in [-0.1, -0.05) is 30.3 Å². The van der Waals surface area contributed by atoms with Crippen LogP contribution in [0.2, 0.25) is 0 Å². The van der Waals surface area contributed by atoms with E-state index in [-0.39, 0.29) is 18.5 Å². The smallest absolute Gasteiger partial charge is 0.407 e. The highest BCUT2D eigenvalue weighted by Crippen LogP contribution is 2.35. The molecule has 6 nitrogen and oxygen atoms in total. The summed E-state index contributed by atoms with van der Waals surface area (Å²) in [7, 11) is 0. The molecule has 1 aliphatic heterocycles. The number of hydrogen-bond acceptors (Lipinski definition) is 4. The van der Waals surface area contributed by atoms with E-state index in [0.29, 0.717) is 13.2 Å². The second kappa shape index (κ2) is 8.48. The highest BCUT2D eigenvalue weighted by molar-refractivity contribution is 6.24. The molecule has 0 bridgehead atoms. The van der Waals surface area contributed by atoms with E-state index >= 15 is 0 Å². The number of nitrogens with zero attached hydrogens (tertiary/aromatic N) is 1. The van der Waals surface area contributed by atoms with Crippen LogP contribution in [0.5, 0.6) is 0 Å². The summed E-state index contributed by atoms with van der Waals surface area (Å²) in [5, 5.41) is 2.66. The van der Waals surface area contributed by atoms with Gasteiger partial charge in [-0.3, -0.25) is 4.79 Å². The van der Waals surface area contributed by atoms with Crippen molar-refractivity contribution in [2.45, 2.75) is 63.8 Å². The quantitative estimate of drug-likeness (QED) is 0.567. The Morgan fingerprint density at radius 3 is 2.37 bits per heavy atom. The lowest BCUT2D eigenvalue weighted by Crippen LogP contribution is -2.72. The SMILES string of the molecule is CC(C)(C)OC(=O)NCCN1C(=O)[C@@H](OCc2ccccc2)[C@H]1C(C)(C)Cl. The Labute approximate surface area is 166 Å². The fraction of sp³-hybridized carbons (Fsp3) is 0.600. The molecule has 2 rings (SSSR count). The maximum absolute atomic E-state index is 12.5. The molecule has 1 aromatic carbocycles.